The van der Waals surface area contributed by atoms with Gasteiger partial charge in [0.1, 0.15) is 17.7 Å². The average Bonchev–Trinajstić information content (AvgIpc) is 2.01. The Hall–Kier alpha value is -1.17. The average molecular weight is 211 g/mol. The molecule has 14 heavy (non-hydrogen) atoms. The van der Waals surface area contributed by atoms with Gasteiger partial charge in [-0.2, -0.15) is 13.2 Å². The zero-order valence-electron chi connectivity index (χ0n) is 6.78. The molecule has 1 unspecified atom stereocenters. The Kier molecular flexibility index (Phi) is 2.75. The van der Waals surface area contributed by atoms with Crippen molar-refractivity contribution in [1.82, 2.24) is 0 Å². The molecular weight excluding hydrogens is 205 g/mol. The Morgan fingerprint density at radius 1 is 1.07 bits per heavy atom. The van der Waals surface area contributed by atoms with Crippen LogP contribution in [0.15, 0.2) is 18.2 Å². The maximum atomic E-state index is 12.8. The molecule has 1 aromatic carbocycles. The minimum Gasteiger partial charge on any atom is -0.316 e. The van der Waals surface area contributed by atoms with Gasteiger partial charge < -0.3 is 5.73 Å². The van der Waals surface area contributed by atoms with Crippen LogP contribution in [0.4, 0.5) is 22.0 Å². The van der Waals surface area contributed by atoms with Gasteiger partial charge in [0.05, 0.1) is 0 Å². The summed E-state index contributed by atoms with van der Waals surface area (Å²) in [5, 5.41) is 0. The van der Waals surface area contributed by atoms with Crippen LogP contribution >= 0.6 is 0 Å². The number of rotatable bonds is 1. The summed E-state index contributed by atoms with van der Waals surface area (Å²) in [4.78, 5) is 0. The van der Waals surface area contributed by atoms with Gasteiger partial charge in [-0.15, -0.1) is 0 Å². The molecule has 0 aliphatic carbocycles. The van der Waals surface area contributed by atoms with Crippen molar-refractivity contribution in [3.63, 3.8) is 0 Å². The Balaban J connectivity index is 3.19. The number of hydrogen-bond donors (Lipinski definition) is 1. The molecule has 0 aliphatic heterocycles. The van der Waals surface area contributed by atoms with Gasteiger partial charge in [0, 0.05) is 5.56 Å². The molecule has 1 nitrogen and oxygen atoms in total. The summed E-state index contributed by atoms with van der Waals surface area (Å²) < 4.78 is 61.7. The van der Waals surface area contributed by atoms with Gasteiger partial charge in [0.2, 0.25) is 0 Å². The Bertz CT molecular complexity index is 313. The van der Waals surface area contributed by atoms with Crippen molar-refractivity contribution in [3.05, 3.63) is 35.4 Å². The highest BCUT2D eigenvalue weighted by Gasteiger charge is 2.40. The fraction of sp³-hybridized carbons (Fsp3) is 0.250. The van der Waals surface area contributed by atoms with Crippen LogP contribution in [-0.2, 0) is 0 Å². The molecule has 0 fully saturated rings. The van der Waals surface area contributed by atoms with Crippen LogP contribution in [0.5, 0.6) is 0 Å². The van der Waals surface area contributed by atoms with E-state index in [2.05, 4.69) is 5.73 Å². The zero-order chi connectivity index (χ0) is 10.9. The maximum Gasteiger partial charge on any atom is 0.407 e. The molecule has 0 saturated heterocycles. The molecule has 2 N–H and O–H groups in total. The highest BCUT2D eigenvalue weighted by molar-refractivity contribution is 5.24. The van der Waals surface area contributed by atoms with Gasteiger partial charge in [-0.25, -0.2) is 8.78 Å². The topological polar surface area (TPSA) is 26.0 Å². The predicted molar refractivity (Wildman–Crippen MR) is 39.3 cm³/mol. The van der Waals surface area contributed by atoms with Crippen molar-refractivity contribution < 1.29 is 22.0 Å². The fourth-order valence-electron chi connectivity index (χ4n) is 0.971. The van der Waals surface area contributed by atoms with Crippen molar-refractivity contribution in [3.8, 4) is 0 Å². The number of halogens is 5. The normalized spacial score (nSPS) is 14.1. The van der Waals surface area contributed by atoms with E-state index in [1.165, 1.54) is 0 Å². The van der Waals surface area contributed by atoms with Crippen LogP contribution in [0.25, 0.3) is 0 Å². The molecule has 0 heterocycles. The largest absolute Gasteiger partial charge is 0.407 e. The standard InChI is InChI=1S/C8H6F5N/c9-4-2-1-3-5(10)6(4)7(14)8(11,12)13/h1-3,7H,14H2. The van der Waals surface area contributed by atoms with Crippen molar-refractivity contribution in [2.24, 2.45) is 5.73 Å². The van der Waals surface area contributed by atoms with Crippen LogP contribution in [0, 0.1) is 11.6 Å². The van der Waals surface area contributed by atoms with E-state index in [0.717, 1.165) is 18.2 Å². The van der Waals surface area contributed by atoms with E-state index in [9.17, 15) is 22.0 Å². The van der Waals surface area contributed by atoms with Crippen LogP contribution in [0.1, 0.15) is 11.6 Å². The molecule has 6 heteroatoms. The van der Waals surface area contributed by atoms with E-state index in [1.807, 2.05) is 0 Å². The van der Waals surface area contributed by atoms with Gasteiger partial charge in [-0.1, -0.05) is 6.07 Å². The maximum absolute atomic E-state index is 12.8. The van der Waals surface area contributed by atoms with E-state index in [0.29, 0.717) is 0 Å². The first-order chi connectivity index (χ1) is 6.34. The lowest BCUT2D eigenvalue weighted by Gasteiger charge is -2.16. The van der Waals surface area contributed by atoms with Gasteiger partial charge in [0.25, 0.3) is 0 Å². The van der Waals surface area contributed by atoms with Gasteiger partial charge >= 0.3 is 6.18 Å². The number of nitrogens with two attached hydrogens (primary N) is 1. The molecule has 1 atom stereocenters. The molecule has 0 radical (unpaired) electrons. The summed E-state index contributed by atoms with van der Waals surface area (Å²) in [6.45, 7) is 0. The highest BCUT2D eigenvalue weighted by atomic mass is 19.4. The molecule has 1 rings (SSSR count). The summed E-state index contributed by atoms with van der Waals surface area (Å²) in [7, 11) is 0. The first-order valence-corrected chi connectivity index (χ1v) is 3.60. The molecule has 1 aromatic rings. The van der Waals surface area contributed by atoms with E-state index in [-0.39, 0.29) is 0 Å². The Labute approximate surface area is 76.3 Å². The summed E-state index contributed by atoms with van der Waals surface area (Å²) in [5.74, 6) is -2.59. The van der Waals surface area contributed by atoms with Crippen LogP contribution in [-0.4, -0.2) is 6.18 Å². The van der Waals surface area contributed by atoms with E-state index in [1.54, 1.807) is 0 Å². The summed E-state index contributed by atoms with van der Waals surface area (Å²) in [5.41, 5.74) is 3.52. The second-order valence-electron chi connectivity index (χ2n) is 2.65. The third kappa shape index (κ3) is 2.01. The predicted octanol–water partition coefficient (Wildman–Crippen LogP) is 2.53. The molecular formula is C8H6F5N. The van der Waals surface area contributed by atoms with Crippen LogP contribution in [0.3, 0.4) is 0 Å². The second-order valence-corrected chi connectivity index (χ2v) is 2.65. The third-order valence-corrected chi connectivity index (χ3v) is 1.66. The lowest BCUT2D eigenvalue weighted by atomic mass is 10.1. The van der Waals surface area contributed by atoms with E-state index >= 15 is 0 Å². The zero-order valence-corrected chi connectivity index (χ0v) is 6.78. The van der Waals surface area contributed by atoms with Crippen molar-refractivity contribution in [1.29, 1.82) is 0 Å². The highest BCUT2D eigenvalue weighted by Crippen LogP contribution is 2.32. The van der Waals surface area contributed by atoms with E-state index < -0.39 is 29.4 Å². The molecule has 78 valence electrons. The summed E-state index contributed by atoms with van der Waals surface area (Å²) in [6.07, 6.45) is -4.86. The Morgan fingerprint density at radius 2 is 1.50 bits per heavy atom. The second kappa shape index (κ2) is 3.53. The van der Waals surface area contributed by atoms with Crippen LogP contribution in [0.2, 0.25) is 0 Å². The third-order valence-electron chi connectivity index (χ3n) is 1.66. The van der Waals surface area contributed by atoms with Crippen molar-refractivity contribution >= 4 is 0 Å². The minimum atomic E-state index is -4.86. The minimum absolute atomic E-state index is 0.726. The van der Waals surface area contributed by atoms with Crippen molar-refractivity contribution in [2.45, 2.75) is 12.2 Å². The molecule has 0 bridgehead atoms. The first-order valence-electron chi connectivity index (χ1n) is 3.60. The summed E-state index contributed by atoms with van der Waals surface area (Å²) >= 11 is 0. The quantitative estimate of drug-likeness (QED) is 0.709. The van der Waals surface area contributed by atoms with E-state index in [4.69, 9.17) is 0 Å². The number of hydrogen-bond acceptors (Lipinski definition) is 1. The number of benzene rings is 1. The van der Waals surface area contributed by atoms with Gasteiger partial charge in [0.15, 0.2) is 0 Å². The molecule has 0 aromatic heterocycles. The molecule has 0 saturated carbocycles. The smallest absolute Gasteiger partial charge is 0.316 e. The molecule has 0 aliphatic rings. The van der Waals surface area contributed by atoms with Gasteiger partial charge in [-0.05, 0) is 12.1 Å². The SMILES string of the molecule is NC(c1c(F)cccc1F)C(F)(F)F. The lowest BCUT2D eigenvalue weighted by molar-refractivity contribution is -0.150. The lowest BCUT2D eigenvalue weighted by Crippen LogP contribution is -2.30. The Morgan fingerprint density at radius 3 is 1.86 bits per heavy atom. The van der Waals surface area contributed by atoms with Crippen LogP contribution < -0.4 is 5.73 Å². The first kappa shape index (κ1) is 10.9. The number of alkyl halides is 3. The summed E-state index contributed by atoms with van der Waals surface area (Å²) in [6, 6.07) is -0.214. The van der Waals surface area contributed by atoms with Crippen molar-refractivity contribution in [2.75, 3.05) is 0 Å². The monoisotopic (exact) mass is 211 g/mol. The fourth-order valence-corrected chi connectivity index (χ4v) is 0.971. The molecule has 0 amide bonds. The molecule has 0 spiro atoms. The van der Waals surface area contributed by atoms with Gasteiger partial charge in [-0.3, -0.25) is 0 Å².